The number of alkyl halides is 1. The van der Waals surface area contributed by atoms with Gasteiger partial charge in [0.15, 0.2) is 5.56 Å². The summed E-state index contributed by atoms with van der Waals surface area (Å²) >= 11 is 5.52. The summed E-state index contributed by atoms with van der Waals surface area (Å²) in [4.78, 5) is 10.6. The Kier molecular flexibility index (Phi) is 6.03. The first-order valence-electron chi connectivity index (χ1n) is 3.68. The minimum Gasteiger partial charge on any atom is -0.434 e. The van der Waals surface area contributed by atoms with E-state index in [1.807, 2.05) is 13.8 Å². The summed E-state index contributed by atoms with van der Waals surface area (Å²) in [5.74, 6) is 0. The van der Waals surface area contributed by atoms with Crippen LogP contribution < -0.4 is 0 Å². The quantitative estimate of drug-likeness (QED) is 0.493. The first-order chi connectivity index (χ1) is 5.20. The number of carbonyl (C=O) groups excluding carboxylic acids is 1. The lowest BCUT2D eigenvalue weighted by Gasteiger charge is -2.07. The van der Waals surface area contributed by atoms with E-state index in [9.17, 15) is 4.79 Å². The van der Waals surface area contributed by atoms with Crippen LogP contribution in [0.5, 0.6) is 0 Å². The highest BCUT2D eigenvalue weighted by molar-refractivity contribution is 6.20. The highest BCUT2D eigenvalue weighted by Crippen LogP contribution is 2.04. The zero-order valence-corrected chi connectivity index (χ0v) is 7.56. The van der Waals surface area contributed by atoms with Gasteiger partial charge in [0.25, 0.3) is 0 Å². The van der Waals surface area contributed by atoms with Crippen LogP contribution in [0.1, 0.15) is 26.7 Å². The molecule has 0 fully saturated rings. The minimum atomic E-state index is -0.686. The molecule has 0 saturated carbocycles. The van der Waals surface area contributed by atoms with Crippen molar-refractivity contribution in [2.45, 2.75) is 32.3 Å². The maximum atomic E-state index is 10.6. The van der Waals surface area contributed by atoms with E-state index in [1.165, 1.54) is 0 Å². The largest absolute Gasteiger partial charge is 0.509 e. The number of ether oxygens (including phenoxy) is 2. The zero-order chi connectivity index (χ0) is 8.69. The number of rotatable bonds is 4. The molecule has 0 aromatic carbocycles. The van der Waals surface area contributed by atoms with Crippen molar-refractivity contribution in [3.8, 4) is 0 Å². The average molecular weight is 181 g/mol. The minimum absolute atomic E-state index is 0.381. The SMILES string of the molecule is CCCOC(=O)OC(Cl)CC. The Balaban J connectivity index is 3.36. The van der Waals surface area contributed by atoms with Gasteiger partial charge < -0.3 is 9.47 Å². The van der Waals surface area contributed by atoms with Crippen LogP contribution in [-0.2, 0) is 9.47 Å². The molecule has 3 nitrogen and oxygen atoms in total. The smallest absolute Gasteiger partial charge is 0.434 e. The topological polar surface area (TPSA) is 35.5 Å². The lowest BCUT2D eigenvalue weighted by molar-refractivity contribution is 0.0451. The van der Waals surface area contributed by atoms with Crippen molar-refractivity contribution < 1.29 is 14.3 Å². The molecular formula is C7H13ClO3. The Labute approximate surface area is 71.6 Å². The van der Waals surface area contributed by atoms with Crippen LogP contribution >= 0.6 is 11.6 Å². The summed E-state index contributed by atoms with van der Waals surface area (Å²) in [6.07, 6.45) is 0.686. The second-order valence-corrected chi connectivity index (χ2v) is 2.52. The van der Waals surface area contributed by atoms with Crippen LogP contribution in [-0.4, -0.2) is 18.3 Å². The molecule has 4 heteroatoms. The van der Waals surface area contributed by atoms with Crippen LogP contribution in [0.2, 0.25) is 0 Å². The van der Waals surface area contributed by atoms with E-state index >= 15 is 0 Å². The van der Waals surface area contributed by atoms with Crippen LogP contribution in [0.3, 0.4) is 0 Å². The van der Waals surface area contributed by atoms with Gasteiger partial charge in [-0.3, -0.25) is 0 Å². The summed E-state index contributed by atoms with van der Waals surface area (Å²) in [6, 6.07) is 0. The van der Waals surface area contributed by atoms with Gasteiger partial charge in [0.2, 0.25) is 0 Å². The molecule has 66 valence electrons. The molecule has 0 heterocycles. The van der Waals surface area contributed by atoms with Crippen LogP contribution in [0.4, 0.5) is 4.79 Å². The third kappa shape index (κ3) is 5.98. The van der Waals surface area contributed by atoms with Crippen molar-refractivity contribution in [2.24, 2.45) is 0 Å². The van der Waals surface area contributed by atoms with Crippen LogP contribution in [0.15, 0.2) is 0 Å². The fourth-order valence-corrected chi connectivity index (χ4v) is 0.480. The third-order valence-corrected chi connectivity index (χ3v) is 1.37. The van der Waals surface area contributed by atoms with E-state index < -0.39 is 11.7 Å². The van der Waals surface area contributed by atoms with Crippen molar-refractivity contribution in [3.63, 3.8) is 0 Å². The van der Waals surface area contributed by atoms with Crippen molar-refractivity contribution in [3.05, 3.63) is 0 Å². The normalized spacial score (nSPS) is 12.3. The summed E-state index contributed by atoms with van der Waals surface area (Å²) in [7, 11) is 0. The molecule has 0 amide bonds. The number of hydrogen-bond donors (Lipinski definition) is 0. The summed E-state index contributed by atoms with van der Waals surface area (Å²) in [5, 5.41) is 0. The van der Waals surface area contributed by atoms with Gasteiger partial charge in [0.1, 0.15) is 0 Å². The Bertz CT molecular complexity index is 116. The highest BCUT2D eigenvalue weighted by atomic mass is 35.5. The molecule has 0 saturated heterocycles. The van der Waals surface area contributed by atoms with Gasteiger partial charge in [-0.15, -0.1) is 0 Å². The molecule has 0 rings (SSSR count). The van der Waals surface area contributed by atoms with Crippen molar-refractivity contribution in [1.29, 1.82) is 0 Å². The molecule has 1 atom stereocenters. The van der Waals surface area contributed by atoms with E-state index in [-0.39, 0.29) is 0 Å². The van der Waals surface area contributed by atoms with Gasteiger partial charge >= 0.3 is 6.16 Å². The van der Waals surface area contributed by atoms with Crippen LogP contribution in [0, 0.1) is 0 Å². The van der Waals surface area contributed by atoms with E-state index in [0.717, 1.165) is 6.42 Å². The second-order valence-electron chi connectivity index (χ2n) is 2.03. The van der Waals surface area contributed by atoms with Gasteiger partial charge in [0, 0.05) is 0 Å². The molecule has 0 bridgehead atoms. The second kappa shape index (κ2) is 6.28. The molecule has 0 aromatic rings. The Morgan fingerprint density at radius 1 is 1.55 bits per heavy atom. The fourth-order valence-electron chi connectivity index (χ4n) is 0.407. The first-order valence-corrected chi connectivity index (χ1v) is 4.11. The van der Waals surface area contributed by atoms with Gasteiger partial charge in [-0.25, -0.2) is 4.79 Å². The van der Waals surface area contributed by atoms with Crippen LogP contribution in [0.25, 0.3) is 0 Å². The first kappa shape index (κ1) is 10.6. The maximum Gasteiger partial charge on any atom is 0.509 e. The fraction of sp³-hybridized carbons (Fsp3) is 0.857. The van der Waals surface area contributed by atoms with Gasteiger partial charge in [-0.2, -0.15) is 0 Å². The lowest BCUT2D eigenvalue weighted by atomic mass is 10.5. The summed E-state index contributed by atoms with van der Waals surface area (Å²) < 4.78 is 9.22. The molecule has 11 heavy (non-hydrogen) atoms. The van der Waals surface area contributed by atoms with E-state index in [0.29, 0.717) is 13.0 Å². The van der Waals surface area contributed by atoms with Crippen molar-refractivity contribution in [1.82, 2.24) is 0 Å². The van der Waals surface area contributed by atoms with E-state index in [1.54, 1.807) is 0 Å². The molecule has 0 N–H and O–H groups in total. The average Bonchev–Trinajstić information content (AvgIpc) is 2.00. The molecule has 0 radical (unpaired) electrons. The lowest BCUT2D eigenvalue weighted by Crippen LogP contribution is -2.13. The predicted octanol–water partition coefficient (Wildman–Crippen LogP) is 2.52. The highest BCUT2D eigenvalue weighted by Gasteiger charge is 2.08. The molecule has 0 aliphatic heterocycles. The summed E-state index contributed by atoms with van der Waals surface area (Å²) in [5.41, 5.74) is -0.570. The van der Waals surface area contributed by atoms with E-state index in [4.69, 9.17) is 11.6 Å². The maximum absolute atomic E-state index is 10.6. The molecular weight excluding hydrogens is 168 g/mol. The molecule has 0 spiro atoms. The monoisotopic (exact) mass is 180 g/mol. The van der Waals surface area contributed by atoms with Gasteiger partial charge in [0.05, 0.1) is 6.61 Å². The zero-order valence-electron chi connectivity index (χ0n) is 6.80. The molecule has 0 aromatic heterocycles. The van der Waals surface area contributed by atoms with Crippen molar-refractivity contribution in [2.75, 3.05) is 6.61 Å². The van der Waals surface area contributed by atoms with Gasteiger partial charge in [-0.1, -0.05) is 25.4 Å². The molecule has 0 aliphatic carbocycles. The number of halogens is 1. The Morgan fingerprint density at radius 2 is 2.18 bits per heavy atom. The summed E-state index contributed by atoms with van der Waals surface area (Å²) in [6.45, 7) is 4.11. The number of hydrogen-bond acceptors (Lipinski definition) is 3. The Morgan fingerprint density at radius 3 is 2.64 bits per heavy atom. The molecule has 0 aliphatic rings. The number of carbonyl (C=O) groups is 1. The van der Waals surface area contributed by atoms with E-state index in [2.05, 4.69) is 9.47 Å². The van der Waals surface area contributed by atoms with Gasteiger partial charge in [-0.05, 0) is 12.8 Å². The predicted molar refractivity (Wildman–Crippen MR) is 42.7 cm³/mol. The standard InChI is InChI=1S/C7H13ClO3/c1-3-5-10-7(9)11-6(8)4-2/h6H,3-5H2,1-2H3. The Hall–Kier alpha value is -0.440. The van der Waals surface area contributed by atoms with Crippen molar-refractivity contribution >= 4 is 17.8 Å². The third-order valence-electron chi connectivity index (χ3n) is 0.969. The molecule has 1 unspecified atom stereocenters.